The second-order valence-electron chi connectivity index (χ2n) is 4.02. The summed E-state index contributed by atoms with van der Waals surface area (Å²) in [6.45, 7) is 3.41. The van der Waals surface area contributed by atoms with Gasteiger partial charge in [0.25, 0.3) is 0 Å². The molecule has 0 fully saturated rings. The van der Waals surface area contributed by atoms with Crippen molar-refractivity contribution in [2.24, 2.45) is 0 Å². The molecule has 0 aliphatic rings. The highest BCUT2D eigenvalue weighted by molar-refractivity contribution is 6.35. The number of benzene rings is 1. The molecule has 1 unspecified atom stereocenters. The van der Waals surface area contributed by atoms with Crippen molar-refractivity contribution in [3.63, 3.8) is 0 Å². The number of hydrogen-bond acceptors (Lipinski definition) is 3. The van der Waals surface area contributed by atoms with Crippen LogP contribution in [0.1, 0.15) is 18.6 Å². The zero-order valence-corrected chi connectivity index (χ0v) is 12.7. The number of aliphatic hydroxyl groups is 1. The van der Waals surface area contributed by atoms with Gasteiger partial charge in [-0.15, -0.1) is 0 Å². The third-order valence-electron chi connectivity index (χ3n) is 2.51. The normalized spacial score (nSPS) is 12.0. The highest BCUT2D eigenvalue weighted by Crippen LogP contribution is 2.25. The Morgan fingerprint density at radius 3 is 2.80 bits per heavy atom. The summed E-state index contributed by atoms with van der Waals surface area (Å²) >= 11 is 11.7. The van der Waals surface area contributed by atoms with Crippen molar-refractivity contribution in [2.45, 2.75) is 13.0 Å². The van der Waals surface area contributed by atoms with Gasteiger partial charge in [-0.2, -0.15) is 0 Å². The number of hydrogen-bond donors (Lipinski definition) is 3. The van der Waals surface area contributed by atoms with E-state index >= 15 is 0 Å². The Morgan fingerprint density at radius 1 is 1.40 bits per heavy atom. The molecule has 0 saturated carbocycles. The molecule has 0 aromatic heterocycles. The number of urea groups is 1. The molecule has 0 spiro atoms. The summed E-state index contributed by atoms with van der Waals surface area (Å²) in [7, 11) is 0. The van der Waals surface area contributed by atoms with Crippen LogP contribution in [-0.4, -0.2) is 37.4 Å². The number of nitrogens with one attached hydrogen (secondary N) is 2. The number of aliphatic hydroxyl groups excluding tert-OH is 1. The van der Waals surface area contributed by atoms with Crippen molar-refractivity contribution in [3.05, 3.63) is 33.8 Å². The number of carbonyl (C=O) groups is 1. The predicted octanol–water partition coefficient (Wildman–Crippen LogP) is 2.36. The maximum absolute atomic E-state index is 11.4. The van der Waals surface area contributed by atoms with Gasteiger partial charge < -0.3 is 20.5 Å². The fourth-order valence-electron chi connectivity index (χ4n) is 1.51. The molecule has 112 valence electrons. The second kappa shape index (κ2) is 9.02. The third kappa shape index (κ3) is 5.96. The Balaban J connectivity index is 2.35. The fraction of sp³-hybridized carbons (Fsp3) is 0.462. The summed E-state index contributed by atoms with van der Waals surface area (Å²) in [6.07, 6.45) is -0.891. The van der Waals surface area contributed by atoms with Crippen LogP contribution in [-0.2, 0) is 4.74 Å². The highest BCUT2D eigenvalue weighted by atomic mass is 35.5. The quantitative estimate of drug-likeness (QED) is 0.675. The lowest BCUT2D eigenvalue weighted by atomic mass is 10.1. The van der Waals surface area contributed by atoms with E-state index in [0.29, 0.717) is 35.4 Å². The van der Waals surface area contributed by atoms with E-state index in [4.69, 9.17) is 27.9 Å². The lowest BCUT2D eigenvalue weighted by molar-refractivity contribution is 0.148. The van der Waals surface area contributed by atoms with Crippen molar-refractivity contribution >= 4 is 29.2 Å². The zero-order valence-electron chi connectivity index (χ0n) is 11.2. The van der Waals surface area contributed by atoms with Crippen LogP contribution in [0.5, 0.6) is 0 Å². The molecule has 20 heavy (non-hydrogen) atoms. The number of amides is 2. The molecule has 2 amide bonds. The standard InChI is InChI=1S/C13H18Cl2N2O3/c1-2-20-6-5-16-13(19)17-8-12(18)10-4-3-9(14)7-11(10)15/h3-4,7,12,18H,2,5-6,8H2,1H3,(H2,16,17,19). The first kappa shape index (κ1) is 17.0. The van der Waals surface area contributed by atoms with E-state index in [1.165, 1.54) is 0 Å². The molecule has 1 rings (SSSR count). The molecule has 1 atom stereocenters. The lowest BCUT2D eigenvalue weighted by Gasteiger charge is -2.14. The molecular formula is C13H18Cl2N2O3. The molecule has 1 aromatic rings. The van der Waals surface area contributed by atoms with Crippen LogP contribution in [0.3, 0.4) is 0 Å². The first-order chi connectivity index (χ1) is 9.54. The Labute approximate surface area is 128 Å². The first-order valence-corrected chi connectivity index (χ1v) is 7.02. The summed E-state index contributed by atoms with van der Waals surface area (Å²) in [5, 5.41) is 16.0. The maximum atomic E-state index is 11.4. The number of rotatable bonds is 7. The van der Waals surface area contributed by atoms with Crippen molar-refractivity contribution in [3.8, 4) is 0 Å². The summed E-state index contributed by atoms with van der Waals surface area (Å²) in [5.41, 5.74) is 0.519. The molecule has 0 bridgehead atoms. The Morgan fingerprint density at radius 2 is 2.15 bits per heavy atom. The third-order valence-corrected chi connectivity index (χ3v) is 3.08. The van der Waals surface area contributed by atoms with E-state index in [-0.39, 0.29) is 12.6 Å². The molecule has 0 aliphatic heterocycles. The Hall–Kier alpha value is -1.01. The van der Waals surface area contributed by atoms with E-state index in [1.54, 1.807) is 18.2 Å². The van der Waals surface area contributed by atoms with E-state index in [1.807, 2.05) is 6.92 Å². The van der Waals surface area contributed by atoms with Gasteiger partial charge in [0.05, 0.1) is 12.7 Å². The minimum atomic E-state index is -0.891. The fourth-order valence-corrected chi connectivity index (χ4v) is 2.05. The van der Waals surface area contributed by atoms with Crippen LogP contribution in [0.4, 0.5) is 4.79 Å². The van der Waals surface area contributed by atoms with E-state index in [2.05, 4.69) is 10.6 Å². The van der Waals surface area contributed by atoms with Gasteiger partial charge in [0.2, 0.25) is 0 Å². The molecule has 1 aromatic carbocycles. The average Bonchev–Trinajstić information content (AvgIpc) is 2.41. The lowest BCUT2D eigenvalue weighted by Crippen LogP contribution is -2.39. The minimum Gasteiger partial charge on any atom is -0.387 e. The van der Waals surface area contributed by atoms with Gasteiger partial charge in [-0.25, -0.2) is 4.79 Å². The van der Waals surface area contributed by atoms with Crippen LogP contribution in [0.15, 0.2) is 18.2 Å². The van der Waals surface area contributed by atoms with Crippen LogP contribution < -0.4 is 10.6 Å². The molecule has 0 saturated heterocycles. The smallest absolute Gasteiger partial charge is 0.314 e. The minimum absolute atomic E-state index is 0.0574. The van der Waals surface area contributed by atoms with Crippen molar-refractivity contribution in [1.29, 1.82) is 0 Å². The molecule has 0 aliphatic carbocycles. The SMILES string of the molecule is CCOCCNC(=O)NCC(O)c1ccc(Cl)cc1Cl. The molecule has 0 heterocycles. The molecule has 7 heteroatoms. The number of halogens is 2. The molecule has 0 radical (unpaired) electrons. The molecular weight excluding hydrogens is 303 g/mol. The van der Waals surface area contributed by atoms with Gasteiger partial charge in [0.1, 0.15) is 0 Å². The zero-order chi connectivity index (χ0) is 15.0. The van der Waals surface area contributed by atoms with E-state index in [9.17, 15) is 9.90 Å². The summed E-state index contributed by atoms with van der Waals surface area (Å²) in [4.78, 5) is 11.4. The van der Waals surface area contributed by atoms with Crippen molar-refractivity contribution in [2.75, 3.05) is 26.3 Å². The van der Waals surface area contributed by atoms with Gasteiger partial charge in [0.15, 0.2) is 0 Å². The number of carbonyl (C=O) groups excluding carboxylic acids is 1. The van der Waals surface area contributed by atoms with Gasteiger partial charge in [-0.1, -0.05) is 29.3 Å². The van der Waals surface area contributed by atoms with Crippen LogP contribution in [0, 0.1) is 0 Å². The summed E-state index contributed by atoms with van der Waals surface area (Å²) in [6, 6.07) is 4.44. The van der Waals surface area contributed by atoms with E-state index in [0.717, 1.165) is 0 Å². The van der Waals surface area contributed by atoms with Gasteiger partial charge >= 0.3 is 6.03 Å². The van der Waals surface area contributed by atoms with Gasteiger partial charge in [-0.3, -0.25) is 0 Å². The first-order valence-electron chi connectivity index (χ1n) is 6.27. The van der Waals surface area contributed by atoms with Crippen LogP contribution in [0.25, 0.3) is 0 Å². The second-order valence-corrected chi connectivity index (χ2v) is 4.86. The predicted molar refractivity (Wildman–Crippen MR) is 79.3 cm³/mol. The van der Waals surface area contributed by atoms with Crippen LogP contribution >= 0.6 is 23.2 Å². The Bertz CT molecular complexity index is 444. The highest BCUT2D eigenvalue weighted by Gasteiger charge is 2.13. The monoisotopic (exact) mass is 320 g/mol. The van der Waals surface area contributed by atoms with Crippen LogP contribution in [0.2, 0.25) is 10.0 Å². The maximum Gasteiger partial charge on any atom is 0.314 e. The molecule has 5 nitrogen and oxygen atoms in total. The van der Waals surface area contributed by atoms with Gasteiger partial charge in [0, 0.05) is 35.3 Å². The topological polar surface area (TPSA) is 70.6 Å². The molecule has 3 N–H and O–H groups in total. The average molecular weight is 321 g/mol. The summed E-state index contributed by atoms with van der Waals surface area (Å²) < 4.78 is 5.08. The summed E-state index contributed by atoms with van der Waals surface area (Å²) in [5.74, 6) is 0. The van der Waals surface area contributed by atoms with Gasteiger partial charge in [-0.05, 0) is 19.1 Å². The van der Waals surface area contributed by atoms with Crippen molar-refractivity contribution < 1.29 is 14.6 Å². The number of ether oxygens (including phenoxy) is 1. The van der Waals surface area contributed by atoms with E-state index < -0.39 is 6.10 Å². The van der Waals surface area contributed by atoms with Crippen molar-refractivity contribution in [1.82, 2.24) is 10.6 Å². The largest absolute Gasteiger partial charge is 0.387 e. The Kier molecular flexibility index (Phi) is 7.69.